The van der Waals surface area contributed by atoms with Gasteiger partial charge in [-0.1, -0.05) is 0 Å². The lowest BCUT2D eigenvalue weighted by atomic mass is 10.4. The zero-order chi connectivity index (χ0) is 13.2. The second kappa shape index (κ2) is 4.67. The predicted octanol–water partition coefficient (Wildman–Crippen LogP) is 0.193. The lowest BCUT2D eigenvalue weighted by molar-refractivity contribution is -0.392. The Balaban J connectivity index is 3.14. The van der Waals surface area contributed by atoms with Crippen molar-refractivity contribution in [1.29, 1.82) is 0 Å². The van der Waals surface area contributed by atoms with E-state index in [0.717, 1.165) is 10.9 Å². The van der Waals surface area contributed by atoms with Gasteiger partial charge in [-0.25, -0.2) is 8.42 Å². The van der Waals surface area contributed by atoms with Crippen molar-refractivity contribution in [1.82, 2.24) is 9.78 Å². The van der Waals surface area contributed by atoms with Crippen molar-refractivity contribution in [3.63, 3.8) is 0 Å². The summed E-state index contributed by atoms with van der Waals surface area (Å²) >= 11 is 0. The van der Waals surface area contributed by atoms with Crippen molar-refractivity contribution in [2.45, 2.75) is 17.9 Å². The van der Waals surface area contributed by atoms with Gasteiger partial charge in [0.2, 0.25) is 4.90 Å². The number of aryl methyl sites for hydroxylation is 1. The van der Waals surface area contributed by atoms with Crippen LogP contribution in [0.15, 0.2) is 11.1 Å². The minimum Gasteiger partial charge on any atom is -0.481 e. The van der Waals surface area contributed by atoms with E-state index < -0.39 is 30.7 Å². The quantitative estimate of drug-likeness (QED) is 0.463. The second-order valence-electron chi connectivity index (χ2n) is 2.92. The molecule has 1 aromatic rings. The van der Waals surface area contributed by atoms with Crippen LogP contribution in [0, 0.1) is 10.1 Å². The second-order valence-corrected chi connectivity index (χ2v) is 5.45. The lowest BCUT2D eigenvalue weighted by Gasteiger charge is -1.90. The van der Waals surface area contributed by atoms with Crippen LogP contribution in [0.2, 0.25) is 0 Å². The number of hydrogen-bond donors (Lipinski definition) is 1. The monoisotopic (exact) mass is 283 g/mol. The fourth-order valence-electron chi connectivity index (χ4n) is 1.02. The number of aliphatic carboxylic acids is 1. The molecule has 0 aromatic carbocycles. The molecule has 0 atom stereocenters. The molecule has 9 nitrogen and oxygen atoms in total. The van der Waals surface area contributed by atoms with Gasteiger partial charge in [0.25, 0.3) is 9.05 Å². The topological polar surface area (TPSA) is 132 Å². The Bertz CT molecular complexity index is 564. The minimum absolute atomic E-state index is 0.192. The van der Waals surface area contributed by atoms with Crippen LogP contribution in [0.1, 0.15) is 6.42 Å². The average molecular weight is 284 g/mol. The van der Waals surface area contributed by atoms with E-state index in [1.165, 1.54) is 0 Å². The molecule has 17 heavy (non-hydrogen) atoms. The number of halogens is 1. The van der Waals surface area contributed by atoms with Crippen molar-refractivity contribution in [3.05, 3.63) is 16.3 Å². The number of nitrogens with zero attached hydrogens (tertiary/aromatic N) is 3. The van der Waals surface area contributed by atoms with Crippen LogP contribution in [0.4, 0.5) is 5.82 Å². The number of carboxylic acids is 1. The highest BCUT2D eigenvalue weighted by Crippen LogP contribution is 2.24. The van der Waals surface area contributed by atoms with Gasteiger partial charge in [-0.15, -0.1) is 0 Å². The van der Waals surface area contributed by atoms with Gasteiger partial charge in [-0.3, -0.25) is 4.79 Å². The molecule has 1 N–H and O–H groups in total. The van der Waals surface area contributed by atoms with Crippen LogP contribution in [0.25, 0.3) is 0 Å². The molecule has 0 saturated heterocycles. The smallest absolute Gasteiger partial charge is 0.410 e. The fourth-order valence-corrected chi connectivity index (χ4v) is 1.92. The van der Waals surface area contributed by atoms with Gasteiger partial charge in [0.1, 0.15) is 0 Å². The third-order valence-corrected chi connectivity index (χ3v) is 3.01. The normalized spacial score (nSPS) is 11.4. The highest BCUT2D eigenvalue weighted by atomic mass is 35.7. The molecule has 0 aliphatic heterocycles. The molecule has 0 spiro atoms. The summed E-state index contributed by atoms with van der Waals surface area (Å²) in [5.41, 5.74) is 0. The maximum Gasteiger partial charge on any atom is 0.410 e. The Morgan fingerprint density at radius 2 is 2.24 bits per heavy atom. The third kappa shape index (κ3) is 3.39. The Labute approximate surface area is 99.2 Å². The van der Waals surface area contributed by atoms with E-state index in [-0.39, 0.29) is 13.0 Å². The van der Waals surface area contributed by atoms with E-state index in [1.54, 1.807) is 0 Å². The van der Waals surface area contributed by atoms with E-state index in [0.29, 0.717) is 0 Å². The Morgan fingerprint density at radius 3 is 2.59 bits per heavy atom. The van der Waals surface area contributed by atoms with E-state index in [4.69, 9.17) is 15.8 Å². The first kappa shape index (κ1) is 13.4. The average Bonchev–Trinajstić information content (AvgIpc) is 2.57. The third-order valence-electron chi connectivity index (χ3n) is 1.70. The summed E-state index contributed by atoms with van der Waals surface area (Å²) in [6.07, 6.45) is 0.476. The highest BCUT2D eigenvalue weighted by Gasteiger charge is 2.29. The van der Waals surface area contributed by atoms with Crippen molar-refractivity contribution >= 4 is 31.5 Å². The van der Waals surface area contributed by atoms with Crippen molar-refractivity contribution in [3.8, 4) is 0 Å². The van der Waals surface area contributed by atoms with Crippen LogP contribution in [0.5, 0.6) is 0 Å². The van der Waals surface area contributed by atoms with Crippen LogP contribution in [0.3, 0.4) is 0 Å². The lowest BCUT2D eigenvalue weighted by Crippen LogP contribution is -2.05. The van der Waals surface area contributed by atoms with Gasteiger partial charge in [-0.05, 0) is 4.92 Å². The number of nitro groups is 1. The van der Waals surface area contributed by atoms with Crippen molar-refractivity contribution in [2.24, 2.45) is 0 Å². The molecule has 1 aromatic heterocycles. The standard InChI is InChI=1S/C6H6ClN3O6S/c7-17(15,16)4-3-9(2-1-5(11)12)8-6(4)10(13)14/h3H,1-2H2,(H,11,12). The van der Waals surface area contributed by atoms with Gasteiger partial charge < -0.3 is 15.2 Å². The van der Waals surface area contributed by atoms with Crippen LogP contribution in [-0.2, 0) is 20.4 Å². The molecule has 11 heteroatoms. The number of hydrogen-bond acceptors (Lipinski definition) is 6. The molecule has 0 radical (unpaired) electrons. The molecular weight excluding hydrogens is 278 g/mol. The maximum absolute atomic E-state index is 11.0. The minimum atomic E-state index is -4.30. The molecule has 0 fully saturated rings. The van der Waals surface area contributed by atoms with Gasteiger partial charge in [0.15, 0.2) is 0 Å². The maximum atomic E-state index is 11.0. The number of rotatable bonds is 5. The van der Waals surface area contributed by atoms with E-state index >= 15 is 0 Å². The van der Waals surface area contributed by atoms with Gasteiger partial charge in [0, 0.05) is 10.7 Å². The van der Waals surface area contributed by atoms with Crippen molar-refractivity contribution in [2.75, 3.05) is 0 Å². The van der Waals surface area contributed by atoms with Crippen LogP contribution >= 0.6 is 10.7 Å². The largest absolute Gasteiger partial charge is 0.481 e. The van der Waals surface area contributed by atoms with E-state index in [9.17, 15) is 23.3 Å². The Kier molecular flexibility index (Phi) is 3.68. The van der Waals surface area contributed by atoms with E-state index in [1.807, 2.05) is 0 Å². The first-order chi connectivity index (χ1) is 7.71. The zero-order valence-corrected chi connectivity index (χ0v) is 9.68. The van der Waals surface area contributed by atoms with Gasteiger partial charge in [0.05, 0.1) is 24.3 Å². The molecule has 0 aliphatic rings. The molecule has 94 valence electrons. The number of aromatic nitrogens is 2. The van der Waals surface area contributed by atoms with Crippen LogP contribution in [-0.4, -0.2) is 34.2 Å². The summed E-state index contributed by atoms with van der Waals surface area (Å²) in [5.74, 6) is -2.07. The Morgan fingerprint density at radius 1 is 1.65 bits per heavy atom. The number of carbonyl (C=O) groups is 1. The predicted molar refractivity (Wildman–Crippen MR) is 54.2 cm³/mol. The molecular formula is C6H6ClN3O6S. The molecule has 1 heterocycles. The summed E-state index contributed by atoms with van der Waals surface area (Å²) in [6.45, 7) is -0.192. The van der Waals surface area contributed by atoms with Gasteiger partial charge >= 0.3 is 11.8 Å². The molecule has 0 bridgehead atoms. The Hall–Kier alpha value is -1.68. The first-order valence-corrected chi connectivity index (χ1v) is 6.41. The summed E-state index contributed by atoms with van der Waals surface area (Å²) in [6, 6.07) is 0. The highest BCUT2D eigenvalue weighted by molar-refractivity contribution is 8.13. The molecule has 0 saturated carbocycles. The molecule has 1 rings (SSSR count). The summed E-state index contributed by atoms with van der Waals surface area (Å²) in [5, 5.41) is 22.2. The van der Waals surface area contributed by atoms with Gasteiger partial charge in [-0.2, -0.15) is 4.68 Å². The molecule has 0 amide bonds. The molecule has 0 unspecified atom stereocenters. The summed E-state index contributed by atoms with van der Waals surface area (Å²) < 4.78 is 22.9. The number of carboxylic acid groups (broad SMARTS) is 1. The van der Waals surface area contributed by atoms with E-state index in [2.05, 4.69) is 5.10 Å². The summed E-state index contributed by atoms with van der Waals surface area (Å²) in [4.78, 5) is 19.0. The summed E-state index contributed by atoms with van der Waals surface area (Å²) in [7, 11) is 0.686. The van der Waals surface area contributed by atoms with Crippen LogP contribution < -0.4 is 0 Å². The first-order valence-electron chi connectivity index (χ1n) is 4.10. The molecule has 0 aliphatic carbocycles. The van der Waals surface area contributed by atoms with Crippen molar-refractivity contribution < 1.29 is 23.2 Å². The SMILES string of the molecule is O=C(O)CCn1cc(S(=O)(=O)Cl)c([N+](=O)[O-])n1. The fraction of sp³-hybridized carbons (Fsp3) is 0.333. The zero-order valence-electron chi connectivity index (χ0n) is 8.11.